The molecule has 0 aliphatic carbocycles. The molecule has 0 spiro atoms. The largest absolute Gasteiger partial charge is 0.496 e. The summed E-state index contributed by atoms with van der Waals surface area (Å²) in [6.45, 7) is 3.92. The van der Waals surface area contributed by atoms with Crippen LogP contribution < -0.4 is 19.7 Å². The molecule has 0 fully saturated rings. The fourth-order valence-electron chi connectivity index (χ4n) is 2.91. The molecule has 1 N–H and O–H groups in total. The molecule has 0 bridgehead atoms. The van der Waals surface area contributed by atoms with Crippen molar-refractivity contribution in [2.45, 2.75) is 26.0 Å². The summed E-state index contributed by atoms with van der Waals surface area (Å²) in [6.07, 6.45) is 1.59. The molecule has 0 unspecified atom stereocenters. The standard InChI is InChI=1S/C19H21N3O4/c1-4-22-16-15(10-7-11-20-16)26-19(2,18(22)24)17(23)21-12-13-8-5-6-9-14(13)25-3/h5-11H,4,12H2,1-3H3,(H,21,23)/t19-/m0/s1. The summed E-state index contributed by atoms with van der Waals surface area (Å²) in [7, 11) is 1.57. The minimum atomic E-state index is -1.66. The molecule has 2 aromatic rings. The highest BCUT2D eigenvalue weighted by atomic mass is 16.5. The van der Waals surface area contributed by atoms with Crippen LogP contribution in [0.1, 0.15) is 19.4 Å². The fraction of sp³-hybridized carbons (Fsp3) is 0.316. The predicted molar refractivity (Wildman–Crippen MR) is 96.1 cm³/mol. The van der Waals surface area contributed by atoms with Crippen molar-refractivity contribution in [2.75, 3.05) is 18.6 Å². The number of carbonyl (C=O) groups excluding carboxylic acids is 2. The number of aromatic nitrogens is 1. The van der Waals surface area contributed by atoms with Crippen LogP contribution in [0.2, 0.25) is 0 Å². The molecule has 1 aromatic carbocycles. The number of para-hydroxylation sites is 1. The molecule has 0 saturated heterocycles. The monoisotopic (exact) mass is 355 g/mol. The molecule has 2 amide bonds. The summed E-state index contributed by atoms with van der Waals surface area (Å²) in [5, 5.41) is 2.78. The third-order valence-corrected chi connectivity index (χ3v) is 4.36. The van der Waals surface area contributed by atoms with Gasteiger partial charge in [0.1, 0.15) is 5.75 Å². The topological polar surface area (TPSA) is 80.8 Å². The third-order valence-electron chi connectivity index (χ3n) is 4.36. The lowest BCUT2D eigenvalue weighted by Gasteiger charge is -2.38. The van der Waals surface area contributed by atoms with Crippen LogP contribution in [0.3, 0.4) is 0 Å². The van der Waals surface area contributed by atoms with Crippen LogP contribution in [0.4, 0.5) is 5.82 Å². The third kappa shape index (κ3) is 2.96. The molecule has 26 heavy (non-hydrogen) atoms. The number of amides is 2. The van der Waals surface area contributed by atoms with Gasteiger partial charge >= 0.3 is 0 Å². The number of ether oxygens (including phenoxy) is 2. The Hall–Kier alpha value is -3.09. The minimum absolute atomic E-state index is 0.223. The zero-order valence-electron chi connectivity index (χ0n) is 15.0. The van der Waals surface area contributed by atoms with Gasteiger partial charge in [-0.25, -0.2) is 4.98 Å². The highest BCUT2D eigenvalue weighted by molar-refractivity contribution is 6.16. The number of anilines is 1. The van der Waals surface area contributed by atoms with Gasteiger partial charge in [0.2, 0.25) is 0 Å². The summed E-state index contributed by atoms with van der Waals surface area (Å²) in [5.74, 6) is 0.544. The first-order valence-corrected chi connectivity index (χ1v) is 8.37. The van der Waals surface area contributed by atoms with E-state index in [1.807, 2.05) is 31.2 Å². The normalized spacial score (nSPS) is 18.7. The summed E-state index contributed by atoms with van der Waals surface area (Å²) in [4.78, 5) is 31.4. The molecule has 0 saturated carbocycles. The Morgan fingerprint density at radius 2 is 2.08 bits per heavy atom. The molecular weight excluding hydrogens is 334 g/mol. The molecule has 7 heteroatoms. The van der Waals surface area contributed by atoms with Crippen molar-refractivity contribution < 1.29 is 19.1 Å². The fourth-order valence-corrected chi connectivity index (χ4v) is 2.91. The van der Waals surface area contributed by atoms with Gasteiger partial charge in [0.05, 0.1) is 7.11 Å². The van der Waals surface area contributed by atoms with Gasteiger partial charge in [0.15, 0.2) is 11.6 Å². The first kappa shape index (κ1) is 17.7. The van der Waals surface area contributed by atoms with Crippen molar-refractivity contribution in [3.8, 4) is 11.5 Å². The molecular formula is C19H21N3O4. The Balaban J connectivity index is 1.83. The van der Waals surface area contributed by atoms with Gasteiger partial charge < -0.3 is 14.8 Å². The summed E-state index contributed by atoms with van der Waals surface area (Å²) >= 11 is 0. The van der Waals surface area contributed by atoms with Crippen molar-refractivity contribution in [1.82, 2.24) is 10.3 Å². The van der Waals surface area contributed by atoms with Gasteiger partial charge in [-0.05, 0) is 32.0 Å². The van der Waals surface area contributed by atoms with Gasteiger partial charge in [0, 0.05) is 24.8 Å². The van der Waals surface area contributed by atoms with E-state index in [0.717, 1.165) is 5.56 Å². The van der Waals surface area contributed by atoms with Crippen molar-refractivity contribution in [1.29, 1.82) is 0 Å². The van der Waals surface area contributed by atoms with E-state index in [-0.39, 0.29) is 6.54 Å². The lowest BCUT2D eigenvalue weighted by Crippen LogP contribution is -2.62. The van der Waals surface area contributed by atoms with Crippen LogP contribution in [0, 0.1) is 0 Å². The quantitative estimate of drug-likeness (QED) is 0.829. The predicted octanol–water partition coefficient (Wildman–Crippen LogP) is 1.91. The zero-order chi connectivity index (χ0) is 18.7. The lowest BCUT2D eigenvalue weighted by atomic mass is 10.0. The number of likely N-dealkylation sites (N-methyl/N-ethyl adjacent to an activating group) is 1. The number of hydrogen-bond donors (Lipinski definition) is 1. The zero-order valence-corrected chi connectivity index (χ0v) is 15.0. The van der Waals surface area contributed by atoms with E-state index >= 15 is 0 Å². The van der Waals surface area contributed by atoms with Crippen LogP contribution in [0.25, 0.3) is 0 Å². The van der Waals surface area contributed by atoms with E-state index in [2.05, 4.69) is 10.3 Å². The number of rotatable bonds is 5. The highest BCUT2D eigenvalue weighted by Crippen LogP contribution is 2.35. The Morgan fingerprint density at radius 3 is 2.81 bits per heavy atom. The number of carbonyl (C=O) groups is 2. The molecule has 1 aromatic heterocycles. The van der Waals surface area contributed by atoms with E-state index in [1.54, 1.807) is 25.4 Å². The summed E-state index contributed by atoms with van der Waals surface area (Å²) < 4.78 is 11.1. The first-order chi connectivity index (χ1) is 12.5. The highest BCUT2D eigenvalue weighted by Gasteiger charge is 2.50. The van der Waals surface area contributed by atoms with Crippen LogP contribution in [0.15, 0.2) is 42.6 Å². The molecule has 136 valence electrons. The number of benzene rings is 1. The average Bonchev–Trinajstić information content (AvgIpc) is 2.67. The Labute approximate surface area is 151 Å². The van der Waals surface area contributed by atoms with Gasteiger partial charge in [-0.15, -0.1) is 0 Å². The number of nitrogens with one attached hydrogen (secondary N) is 1. The number of hydrogen-bond acceptors (Lipinski definition) is 5. The van der Waals surface area contributed by atoms with E-state index in [9.17, 15) is 9.59 Å². The van der Waals surface area contributed by atoms with Gasteiger partial charge in [0.25, 0.3) is 17.4 Å². The number of methoxy groups -OCH3 is 1. The number of nitrogens with zero attached hydrogens (tertiary/aromatic N) is 2. The lowest BCUT2D eigenvalue weighted by molar-refractivity contribution is -0.148. The maximum Gasteiger partial charge on any atom is 0.282 e. The van der Waals surface area contributed by atoms with E-state index in [1.165, 1.54) is 11.8 Å². The SMILES string of the molecule is CCN1C(=O)[C@](C)(C(=O)NCc2ccccc2OC)Oc2cccnc21. The number of fused-ring (bicyclic) bond motifs is 1. The van der Waals surface area contributed by atoms with Gasteiger partial charge in [-0.3, -0.25) is 14.5 Å². The second-order valence-electron chi connectivity index (χ2n) is 6.00. The summed E-state index contributed by atoms with van der Waals surface area (Å²) in [6, 6.07) is 10.8. The van der Waals surface area contributed by atoms with Crippen molar-refractivity contribution in [3.63, 3.8) is 0 Å². The molecule has 2 heterocycles. The Morgan fingerprint density at radius 1 is 1.31 bits per heavy atom. The first-order valence-electron chi connectivity index (χ1n) is 8.37. The minimum Gasteiger partial charge on any atom is -0.496 e. The smallest absolute Gasteiger partial charge is 0.282 e. The van der Waals surface area contributed by atoms with Crippen LogP contribution in [-0.2, 0) is 16.1 Å². The van der Waals surface area contributed by atoms with Gasteiger partial charge in [-0.1, -0.05) is 18.2 Å². The number of pyridine rings is 1. The molecule has 0 radical (unpaired) electrons. The Bertz CT molecular complexity index is 839. The molecule has 1 aliphatic heterocycles. The average molecular weight is 355 g/mol. The van der Waals surface area contributed by atoms with Crippen LogP contribution >= 0.6 is 0 Å². The van der Waals surface area contributed by atoms with Crippen molar-refractivity contribution >= 4 is 17.6 Å². The van der Waals surface area contributed by atoms with Gasteiger partial charge in [-0.2, -0.15) is 0 Å². The summed E-state index contributed by atoms with van der Waals surface area (Å²) in [5.41, 5.74) is -0.849. The van der Waals surface area contributed by atoms with Crippen molar-refractivity contribution in [2.24, 2.45) is 0 Å². The Kier molecular flexibility index (Phi) is 4.79. The van der Waals surface area contributed by atoms with E-state index in [4.69, 9.17) is 9.47 Å². The van der Waals surface area contributed by atoms with Crippen LogP contribution in [-0.4, -0.2) is 36.1 Å². The maximum atomic E-state index is 12.9. The second-order valence-corrected chi connectivity index (χ2v) is 6.00. The van der Waals surface area contributed by atoms with E-state index in [0.29, 0.717) is 23.9 Å². The van der Waals surface area contributed by atoms with E-state index < -0.39 is 17.4 Å². The van der Waals surface area contributed by atoms with Crippen LogP contribution in [0.5, 0.6) is 11.5 Å². The van der Waals surface area contributed by atoms with Crippen molar-refractivity contribution in [3.05, 3.63) is 48.2 Å². The molecule has 1 atom stereocenters. The maximum absolute atomic E-state index is 12.9. The molecule has 1 aliphatic rings. The second kappa shape index (κ2) is 7.03. The molecule has 7 nitrogen and oxygen atoms in total. The molecule has 3 rings (SSSR count).